The molecule has 37 heavy (non-hydrogen) atoms. The zero-order valence-corrected chi connectivity index (χ0v) is 23.6. The molecule has 0 amide bonds. The third kappa shape index (κ3) is 9.02. The highest BCUT2D eigenvalue weighted by Gasteiger charge is 2.21. The molecule has 0 saturated carbocycles. The molecule has 3 heterocycles. The first-order chi connectivity index (χ1) is 17.9. The largest absolute Gasteiger partial charge is 0.494 e. The van der Waals surface area contributed by atoms with Gasteiger partial charge in [-0.2, -0.15) is 0 Å². The van der Waals surface area contributed by atoms with E-state index in [0.717, 1.165) is 35.7 Å². The lowest BCUT2D eigenvalue weighted by molar-refractivity contribution is 0.318. The number of aryl methyl sites for hydroxylation is 4. The van der Waals surface area contributed by atoms with E-state index >= 15 is 0 Å². The maximum absolute atomic E-state index is 7.57. The normalized spacial score (nSPS) is 9.68. The quantitative estimate of drug-likeness (QED) is 0.326. The molecule has 0 aliphatic rings. The molecule has 0 aliphatic heterocycles. The first kappa shape index (κ1) is 31.3. The number of aliphatic hydroxyl groups excluding tert-OH is 1. The summed E-state index contributed by atoms with van der Waals surface area (Å²) in [6.07, 6.45) is 5.82. The van der Waals surface area contributed by atoms with Crippen molar-refractivity contribution in [3.05, 3.63) is 65.7 Å². The molecule has 3 aromatic heterocycles. The highest BCUT2D eigenvalue weighted by molar-refractivity contribution is 5.63. The second-order valence-corrected chi connectivity index (χ2v) is 7.57. The molecule has 0 aliphatic carbocycles. The van der Waals surface area contributed by atoms with E-state index in [9.17, 15) is 0 Å². The number of hydrogen-bond acceptors (Lipinski definition) is 8. The van der Waals surface area contributed by atoms with Crippen molar-refractivity contribution in [1.82, 2.24) is 24.7 Å². The van der Waals surface area contributed by atoms with Crippen LogP contribution in [0.5, 0.6) is 11.5 Å². The van der Waals surface area contributed by atoms with Crippen LogP contribution in [0.25, 0.3) is 17.3 Å². The van der Waals surface area contributed by atoms with Crippen molar-refractivity contribution in [2.75, 3.05) is 20.8 Å². The molecular formula is C28H43N5O4. The van der Waals surface area contributed by atoms with Gasteiger partial charge in [0.25, 0.3) is 0 Å². The van der Waals surface area contributed by atoms with Crippen LogP contribution in [0, 0.1) is 20.8 Å². The summed E-state index contributed by atoms with van der Waals surface area (Å²) in [5, 5.41) is 16.0. The average Bonchev–Trinajstić information content (AvgIpc) is 3.52. The summed E-state index contributed by atoms with van der Waals surface area (Å²) < 4.78 is 18.5. The van der Waals surface area contributed by atoms with E-state index in [2.05, 4.69) is 27.1 Å². The van der Waals surface area contributed by atoms with Crippen molar-refractivity contribution in [3.8, 4) is 28.8 Å². The maximum atomic E-state index is 7.57. The third-order valence-corrected chi connectivity index (χ3v) is 4.72. The van der Waals surface area contributed by atoms with Crippen LogP contribution >= 0.6 is 0 Å². The highest BCUT2D eigenvalue weighted by atomic mass is 16.5. The van der Waals surface area contributed by atoms with Crippen LogP contribution in [-0.4, -0.2) is 50.7 Å². The molecule has 0 spiro atoms. The maximum Gasteiger partial charge on any atom is 0.204 e. The summed E-state index contributed by atoms with van der Waals surface area (Å²) in [4.78, 5) is 8.31. The van der Waals surface area contributed by atoms with Crippen molar-refractivity contribution in [3.63, 3.8) is 0 Å². The Bertz CT molecular complexity index is 1150. The van der Waals surface area contributed by atoms with E-state index in [4.69, 9.17) is 19.0 Å². The first-order valence-electron chi connectivity index (χ1n) is 12.5. The predicted octanol–water partition coefficient (Wildman–Crippen LogP) is 6.17. The molecule has 0 bridgehead atoms. The summed E-state index contributed by atoms with van der Waals surface area (Å²) in [6.45, 7) is 13.8. The van der Waals surface area contributed by atoms with Crippen LogP contribution in [0.2, 0.25) is 0 Å². The number of hydrogen-bond donors (Lipinski definition) is 1. The van der Waals surface area contributed by atoms with Crippen molar-refractivity contribution in [1.29, 1.82) is 0 Å². The molecule has 0 fully saturated rings. The molecule has 9 heteroatoms. The van der Waals surface area contributed by atoms with Crippen LogP contribution < -0.4 is 9.47 Å². The van der Waals surface area contributed by atoms with Gasteiger partial charge in [0.05, 0.1) is 14.2 Å². The minimum atomic E-state index is 0. The van der Waals surface area contributed by atoms with Gasteiger partial charge in [-0.3, -0.25) is 4.57 Å². The van der Waals surface area contributed by atoms with Gasteiger partial charge in [-0.25, -0.2) is 9.97 Å². The minimum absolute atomic E-state index is 0. The van der Waals surface area contributed by atoms with Crippen molar-refractivity contribution < 1.29 is 20.4 Å². The van der Waals surface area contributed by atoms with Gasteiger partial charge >= 0.3 is 0 Å². The van der Waals surface area contributed by atoms with E-state index in [1.54, 1.807) is 21.1 Å². The van der Waals surface area contributed by atoms with E-state index in [0.29, 0.717) is 28.9 Å². The Labute approximate surface area is 222 Å². The molecular weight excluding hydrogens is 470 g/mol. The first-order valence-corrected chi connectivity index (χ1v) is 12.5. The van der Waals surface area contributed by atoms with Crippen LogP contribution in [0.4, 0.5) is 0 Å². The van der Waals surface area contributed by atoms with Crippen LogP contribution in [-0.2, 0) is 6.42 Å². The van der Waals surface area contributed by atoms with Gasteiger partial charge in [0.1, 0.15) is 34.6 Å². The van der Waals surface area contributed by atoms with Crippen LogP contribution in [0.3, 0.4) is 0 Å². The lowest BCUT2D eigenvalue weighted by Gasteiger charge is -2.15. The molecule has 9 nitrogen and oxygen atoms in total. The summed E-state index contributed by atoms with van der Waals surface area (Å²) in [5.74, 6) is 5.08. The fraction of sp³-hybridized carbons (Fsp3) is 0.429. The topological polar surface area (TPSA) is 108 Å². The smallest absolute Gasteiger partial charge is 0.204 e. The minimum Gasteiger partial charge on any atom is -0.494 e. The zero-order valence-electron chi connectivity index (χ0n) is 23.6. The predicted molar refractivity (Wildman–Crippen MR) is 149 cm³/mol. The summed E-state index contributed by atoms with van der Waals surface area (Å²) in [5.41, 5.74) is 1.87. The fourth-order valence-electron chi connectivity index (χ4n) is 3.17. The van der Waals surface area contributed by atoms with Gasteiger partial charge in [-0.1, -0.05) is 26.8 Å². The Hall–Kier alpha value is -3.72. The third-order valence-electron chi connectivity index (χ3n) is 4.72. The lowest BCUT2D eigenvalue weighted by atomic mass is 10.2. The summed E-state index contributed by atoms with van der Waals surface area (Å²) in [7, 11) is 3.24. The molecule has 0 saturated heterocycles. The molecule has 0 radical (unpaired) electrons. The number of furan rings is 1. The molecule has 4 aromatic rings. The molecule has 0 unspecified atom stereocenters. The monoisotopic (exact) mass is 513 g/mol. The second kappa shape index (κ2) is 16.9. The number of ether oxygens (including phenoxy) is 2. The number of benzene rings is 1. The van der Waals surface area contributed by atoms with Gasteiger partial charge in [0, 0.05) is 26.8 Å². The van der Waals surface area contributed by atoms with Gasteiger partial charge in [0.15, 0.2) is 5.76 Å². The van der Waals surface area contributed by atoms with Crippen LogP contribution in [0.15, 0.2) is 47.1 Å². The van der Waals surface area contributed by atoms with Gasteiger partial charge in [-0.05, 0) is 63.9 Å². The van der Waals surface area contributed by atoms with Crippen molar-refractivity contribution >= 4 is 0 Å². The van der Waals surface area contributed by atoms with E-state index < -0.39 is 0 Å². The number of nitrogens with zero attached hydrogens (tertiary/aromatic N) is 5. The van der Waals surface area contributed by atoms with E-state index in [-0.39, 0.29) is 8.03 Å². The Morgan fingerprint density at radius 2 is 1.49 bits per heavy atom. The number of aliphatic hydroxyl groups is 1. The van der Waals surface area contributed by atoms with Gasteiger partial charge < -0.3 is 19.0 Å². The Morgan fingerprint density at radius 1 is 0.919 bits per heavy atom. The molecule has 204 valence electrons. The van der Waals surface area contributed by atoms with Crippen LogP contribution in [0.1, 0.15) is 58.5 Å². The Kier molecular flexibility index (Phi) is 14.3. The fourth-order valence-corrected chi connectivity index (χ4v) is 3.17. The molecule has 4 rings (SSSR count). The number of methoxy groups -OCH3 is 2. The number of aromatic nitrogens is 5. The Balaban J connectivity index is 0.000000719. The summed E-state index contributed by atoms with van der Waals surface area (Å²) >= 11 is 0. The van der Waals surface area contributed by atoms with Crippen molar-refractivity contribution in [2.24, 2.45) is 0 Å². The van der Waals surface area contributed by atoms with Gasteiger partial charge in [-0.15, -0.1) is 10.2 Å². The molecule has 1 aromatic carbocycles. The zero-order chi connectivity index (χ0) is 27.8. The lowest BCUT2D eigenvalue weighted by Crippen LogP contribution is -2.04. The molecule has 0 atom stereocenters. The second-order valence-electron chi connectivity index (χ2n) is 7.57. The molecule has 1 N–H and O–H groups in total. The summed E-state index contributed by atoms with van der Waals surface area (Å²) in [6, 6.07) is 9.38. The van der Waals surface area contributed by atoms with E-state index in [1.165, 1.54) is 0 Å². The average molecular weight is 514 g/mol. The van der Waals surface area contributed by atoms with E-state index in [1.807, 2.05) is 81.9 Å². The highest BCUT2D eigenvalue weighted by Crippen LogP contribution is 2.36. The SMILES string of the molecule is CC.CCCc1ncc(C)cn1.CCO.COc1cccc(OC)c1-n1c(C)nnc1-c1ccc(C)o1.[HH]. The number of rotatable bonds is 6. The number of para-hydroxylation sites is 1. The Morgan fingerprint density at radius 3 is 1.95 bits per heavy atom. The van der Waals surface area contributed by atoms with Gasteiger partial charge in [0.2, 0.25) is 5.82 Å². The van der Waals surface area contributed by atoms with Crippen molar-refractivity contribution in [2.45, 2.75) is 61.3 Å². The standard InChI is InChI=1S/C16H17N3O3.C8H12N2.C2H6O.C2H6.H2/c1-10-8-9-14(22-10)16-18-17-11(2)19(16)15-12(20-3)6-5-7-13(15)21-4;1-3-4-8-9-5-7(2)6-10-8;1-2-3;1-2;/h5-9H,1-4H3;5-6H,3-4H2,1-2H3;3H,2H2,1H3;1-2H3;1H.